The molecule has 0 heterocycles. The van der Waals surface area contributed by atoms with Crippen LogP contribution in [0.25, 0.3) is 16.8 Å². The van der Waals surface area contributed by atoms with Crippen molar-refractivity contribution in [1.29, 1.82) is 0 Å². The first-order valence-electron chi connectivity index (χ1n) is 8.59. The molecule has 7 heteroatoms. The monoisotopic (exact) mass is 368 g/mol. The highest BCUT2D eigenvalue weighted by Gasteiger charge is 2.26. The van der Waals surface area contributed by atoms with Gasteiger partial charge in [0.25, 0.3) is 6.61 Å². The van der Waals surface area contributed by atoms with Crippen molar-refractivity contribution in [2.45, 2.75) is 26.7 Å². The van der Waals surface area contributed by atoms with E-state index in [0.717, 1.165) is 36.5 Å². The van der Waals surface area contributed by atoms with E-state index in [1.807, 2.05) is 13.0 Å². The maximum atomic E-state index is 9.75. The van der Waals surface area contributed by atoms with E-state index in [1.54, 1.807) is 0 Å². The Morgan fingerprint density at radius 3 is 2.38 bits per heavy atom. The molecule has 0 fully saturated rings. The molecular formula is C19H21BF4O2. The zero-order valence-electron chi connectivity index (χ0n) is 14.8. The zero-order valence-corrected chi connectivity index (χ0v) is 14.8. The summed E-state index contributed by atoms with van der Waals surface area (Å²) in [7, 11) is -6.00. The molecule has 3 rings (SSSR count). The molecule has 0 amide bonds. The standard InChI is InChI=1S/C19H21O2.BF4/c1-3-5-13-21-17-12-10-15-8-6-7-14-9-11-16(20-4-2)19(17)18(14)15;2-1(3,4)5/h6-12H,3-5,13H2,1-2H3;/q+1;-1. The van der Waals surface area contributed by atoms with Crippen LogP contribution in [0.15, 0.2) is 36.4 Å². The number of hydrogen-bond acceptors (Lipinski definition) is 1. The number of unbranched alkanes of at least 4 members (excludes halogenated alkanes) is 1. The summed E-state index contributed by atoms with van der Waals surface area (Å²) in [5.74, 6) is 1.84. The van der Waals surface area contributed by atoms with Crippen LogP contribution in [0, 0.1) is 0 Å². The van der Waals surface area contributed by atoms with E-state index in [-0.39, 0.29) is 0 Å². The van der Waals surface area contributed by atoms with Gasteiger partial charge in [-0.2, -0.15) is 0 Å². The molecule has 1 aliphatic rings. The predicted molar refractivity (Wildman–Crippen MR) is 98.4 cm³/mol. The van der Waals surface area contributed by atoms with E-state index in [9.17, 15) is 17.3 Å². The minimum Gasteiger partial charge on any atom is -0.493 e. The second-order valence-electron chi connectivity index (χ2n) is 5.71. The molecule has 0 aromatic heterocycles. The highest BCUT2D eigenvalue weighted by atomic mass is 19.5. The van der Waals surface area contributed by atoms with Crippen molar-refractivity contribution in [1.82, 2.24) is 0 Å². The van der Waals surface area contributed by atoms with Gasteiger partial charge in [-0.15, -0.1) is 0 Å². The van der Waals surface area contributed by atoms with Crippen LogP contribution in [0.2, 0.25) is 0 Å². The Hall–Kier alpha value is -2.31. The number of allylic oxidation sites excluding steroid dienone is 1. The van der Waals surface area contributed by atoms with Crippen LogP contribution < -0.4 is 4.74 Å². The van der Waals surface area contributed by atoms with Gasteiger partial charge in [-0.05, 0) is 36.4 Å². The molecule has 0 bridgehead atoms. The third-order valence-corrected chi connectivity index (χ3v) is 3.76. The SMILES string of the molecule is CCCC[O+]=C1C=Cc2cccc3ccc(OCC)c1c23.F[B-](F)(F)F. The predicted octanol–water partition coefficient (Wildman–Crippen LogP) is 6.08. The fourth-order valence-corrected chi connectivity index (χ4v) is 2.74. The lowest BCUT2D eigenvalue weighted by molar-refractivity contribution is -0.269. The average Bonchev–Trinajstić information content (AvgIpc) is 2.57. The van der Waals surface area contributed by atoms with Crippen LogP contribution in [0.5, 0.6) is 5.75 Å². The Kier molecular flexibility index (Phi) is 6.83. The number of ether oxygens (including phenoxy) is 1. The first-order valence-corrected chi connectivity index (χ1v) is 8.59. The van der Waals surface area contributed by atoms with E-state index >= 15 is 0 Å². The highest BCUT2D eigenvalue weighted by Crippen LogP contribution is 2.35. The van der Waals surface area contributed by atoms with Gasteiger partial charge >= 0.3 is 13.0 Å². The largest absolute Gasteiger partial charge is 0.673 e. The Morgan fingerprint density at radius 1 is 1.00 bits per heavy atom. The van der Waals surface area contributed by atoms with E-state index in [2.05, 4.69) is 43.3 Å². The summed E-state index contributed by atoms with van der Waals surface area (Å²) in [5, 5.41) is 2.46. The van der Waals surface area contributed by atoms with Gasteiger partial charge in [0, 0.05) is 17.9 Å². The van der Waals surface area contributed by atoms with Crippen molar-refractivity contribution >= 4 is 29.9 Å². The maximum absolute atomic E-state index is 9.75. The molecule has 26 heavy (non-hydrogen) atoms. The van der Waals surface area contributed by atoms with Crippen LogP contribution in [-0.4, -0.2) is 26.3 Å². The third kappa shape index (κ3) is 5.34. The molecule has 0 saturated carbocycles. The minimum absolute atomic E-state index is 0.659. The van der Waals surface area contributed by atoms with E-state index in [4.69, 9.17) is 9.16 Å². The molecule has 0 spiro atoms. The molecule has 2 aromatic rings. The van der Waals surface area contributed by atoms with Gasteiger partial charge in [-0.1, -0.05) is 31.2 Å². The molecule has 0 radical (unpaired) electrons. The number of halogens is 4. The van der Waals surface area contributed by atoms with Crippen molar-refractivity contribution in [3.05, 3.63) is 47.5 Å². The topological polar surface area (TPSA) is 20.5 Å². The minimum atomic E-state index is -6.00. The summed E-state index contributed by atoms with van der Waals surface area (Å²) in [6.07, 6.45) is 6.40. The fraction of sp³-hybridized carbons (Fsp3) is 0.316. The lowest BCUT2D eigenvalue weighted by atomic mass is 9.91. The molecule has 0 N–H and O–H groups in total. The molecule has 1 aliphatic carbocycles. The van der Waals surface area contributed by atoms with Crippen LogP contribution in [0.3, 0.4) is 0 Å². The average molecular weight is 368 g/mol. The van der Waals surface area contributed by atoms with Gasteiger partial charge in [0.2, 0.25) is 0 Å². The molecule has 0 saturated heterocycles. The second-order valence-corrected chi connectivity index (χ2v) is 5.71. The lowest BCUT2D eigenvalue weighted by Gasteiger charge is -2.14. The number of ketones is 1. The van der Waals surface area contributed by atoms with Gasteiger partial charge in [-0.25, -0.2) is 0 Å². The van der Waals surface area contributed by atoms with E-state index in [1.165, 1.54) is 16.3 Å². The van der Waals surface area contributed by atoms with Crippen molar-refractivity contribution < 1.29 is 26.4 Å². The summed E-state index contributed by atoms with van der Waals surface area (Å²) >= 11 is 0. The lowest BCUT2D eigenvalue weighted by Crippen LogP contribution is -2.08. The molecule has 140 valence electrons. The summed E-state index contributed by atoms with van der Waals surface area (Å²) in [5.41, 5.74) is 2.33. The Bertz CT molecular complexity index is 807. The Morgan fingerprint density at radius 2 is 1.73 bits per heavy atom. The molecular weight excluding hydrogens is 347 g/mol. The van der Waals surface area contributed by atoms with Gasteiger partial charge in [-0.3, -0.25) is 4.42 Å². The third-order valence-electron chi connectivity index (χ3n) is 3.76. The summed E-state index contributed by atoms with van der Waals surface area (Å²) in [6.45, 7) is 5.60. The normalized spacial score (nSPS) is 14.3. The van der Waals surface area contributed by atoms with E-state index < -0.39 is 7.25 Å². The molecule has 0 unspecified atom stereocenters. The summed E-state index contributed by atoms with van der Waals surface area (Å²) in [6, 6.07) is 10.5. The van der Waals surface area contributed by atoms with Crippen molar-refractivity contribution in [2.75, 3.05) is 13.2 Å². The first-order chi connectivity index (χ1) is 12.3. The summed E-state index contributed by atoms with van der Waals surface area (Å²) in [4.78, 5) is 0. The van der Waals surface area contributed by atoms with Crippen molar-refractivity contribution in [3.63, 3.8) is 0 Å². The van der Waals surface area contributed by atoms with E-state index in [0.29, 0.717) is 6.61 Å². The van der Waals surface area contributed by atoms with Crippen LogP contribution in [-0.2, 0) is 0 Å². The van der Waals surface area contributed by atoms with Gasteiger partial charge in [0.05, 0.1) is 6.61 Å². The number of benzene rings is 2. The number of carbonyl (C=O) groups excluding carboxylic acids is 1. The fourth-order valence-electron chi connectivity index (χ4n) is 2.74. The Labute approximate surface area is 150 Å². The van der Waals surface area contributed by atoms with Crippen LogP contribution in [0.4, 0.5) is 17.3 Å². The zero-order chi connectivity index (χ0) is 19.2. The van der Waals surface area contributed by atoms with Crippen LogP contribution in [0.1, 0.15) is 42.2 Å². The number of rotatable bonds is 5. The van der Waals surface area contributed by atoms with Gasteiger partial charge < -0.3 is 22.0 Å². The van der Waals surface area contributed by atoms with Crippen molar-refractivity contribution in [2.24, 2.45) is 0 Å². The van der Waals surface area contributed by atoms with Crippen LogP contribution >= 0.6 is 0 Å². The Balaban J connectivity index is 0.000000431. The number of hydrogen-bond donors (Lipinski definition) is 0. The first kappa shape index (κ1) is 20.0. The molecule has 2 aromatic carbocycles. The molecule has 0 aliphatic heterocycles. The smallest absolute Gasteiger partial charge is 0.493 e. The quantitative estimate of drug-likeness (QED) is 0.271. The summed E-state index contributed by atoms with van der Waals surface area (Å²) < 4.78 is 50.8. The van der Waals surface area contributed by atoms with Gasteiger partial charge in [0.1, 0.15) is 11.3 Å². The molecule has 2 nitrogen and oxygen atoms in total. The second kappa shape index (κ2) is 8.87. The highest BCUT2D eigenvalue weighted by molar-refractivity contribution is 6.50. The van der Waals surface area contributed by atoms with Gasteiger partial charge in [0.15, 0.2) is 0 Å². The molecule has 0 atom stereocenters. The van der Waals surface area contributed by atoms with Crippen molar-refractivity contribution in [3.8, 4) is 5.75 Å². The maximum Gasteiger partial charge on any atom is 0.673 e.